The van der Waals surface area contributed by atoms with Crippen LogP contribution in [0.25, 0.3) is 0 Å². The van der Waals surface area contributed by atoms with Crippen LogP contribution in [-0.4, -0.2) is 6.17 Å². The number of anilines is 4. The van der Waals surface area contributed by atoms with Gasteiger partial charge in [-0.1, -0.05) is 36.4 Å². The third-order valence-electron chi connectivity index (χ3n) is 5.01. The lowest BCUT2D eigenvalue weighted by atomic mass is 10.1. The lowest BCUT2D eigenvalue weighted by Gasteiger charge is -2.31. The van der Waals surface area contributed by atoms with Crippen molar-refractivity contribution in [1.29, 1.82) is 0 Å². The first-order chi connectivity index (χ1) is 12.1. The maximum atomic E-state index is 2.45. The number of rotatable bonds is 2. The second-order valence-electron chi connectivity index (χ2n) is 6.99. The highest BCUT2D eigenvalue weighted by Gasteiger charge is 2.35. The van der Waals surface area contributed by atoms with Gasteiger partial charge in [0.15, 0.2) is 0 Å². The number of nitrogens with zero attached hydrogens (tertiary/aromatic N) is 2. The van der Waals surface area contributed by atoms with Gasteiger partial charge in [-0.25, -0.2) is 0 Å². The number of para-hydroxylation sites is 3. The molecule has 0 aromatic heterocycles. The van der Waals surface area contributed by atoms with Crippen LogP contribution >= 0.6 is 0 Å². The van der Waals surface area contributed by atoms with E-state index in [0.717, 1.165) is 0 Å². The van der Waals surface area contributed by atoms with Gasteiger partial charge in [-0.15, -0.1) is 0 Å². The van der Waals surface area contributed by atoms with Gasteiger partial charge in [0.25, 0.3) is 0 Å². The molecule has 0 saturated heterocycles. The van der Waals surface area contributed by atoms with E-state index in [4.69, 9.17) is 0 Å². The number of benzene rings is 3. The van der Waals surface area contributed by atoms with E-state index in [0.29, 0.717) is 0 Å². The van der Waals surface area contributed by atoms with Crippen LogP contribution in [0.2, 0.25) is 0 Å². The van der Waals surface area contributed by atoms with Gasteiger partial charge in [-0.2, -0.15) is 0 Å². The predicted octanol–water partition coefficient (Wildman–Crippen LogP) is 6.25. The summed E-state index contributed by atoms with van der Waals surface area (Å²) in [5.74, 6) is 0. The first-order valence-corrected chi connectivity index (χ1v) is 8.87. The number of fused-ring (bicyclic) bond motifs is 1. The Labute approximate surface area is 150 Å². The largest absolute Gasteiger partial charge is 0.319 e. The molecule has 0 aliphatic carbocycles. The lowest BCUT2D eigenvalue weighted by Crippen LogP contribution is -2.35. The van der Waals surface area contributed by atoms with E-state index in [-0.39, 0.29) is 6.17 Å². The van der Waals surface area contributed by atoms with Crippen molar-refractivity contribution >= 4 is 22.7 Å². The molecule has 0 N–H and O–H groups in total. The molecule has 3 aromatic rings. The molecule has 126 valence electrons. The average Bonchev–Trinajstić information content (AvgIpc) is 2.86. The van der Waals surface area contributed by atoms with Crippen molar-refractivity contribution in [3.63, 3.8) is 0 Å². The van der Waals surface area contributed by atoms with Gasteiger partial charge < -0.3 is 9.80 Å². The fourth-order valence-corrected chi connectivity index (χ4v) is 4.00. The van der Waals surface area contributed by atoms with E-state index >= 15 is 0 Å². The Balaban J connectivity index is 1.90. The van der Waals surface area contributed by atoms with Crippen molar-refractivity contribution < 1.29 is 0 Å². The van der Waals surface area contributed by atoms with E-state index in [1.165, 1.54) is 39.4 Å². The Hall–Kier alpha value is -2.74. The standard InChI is InChI=1S/C23H24N2/c1-16-13-17(2)15-20(14-16)24-19(4)25(21-10-6-5-9-18(21)3)23-12-8-7-11-22(23)24/h5-15,19H,1-4H3/t19-/m1/s1. The molecule has 0 fully saturated rings. The summed E-state index contributed by atoms with van der Waals surface area (Å²) in [5, 5.41) is 0. The minimum Gasteiger partial charge on any atom is -0.319 e. The summed E-state index contributed by atoms with van der Waals surface area (Å²) < 4.78 is 0. The van der Waals surface area contributed by atoms with Gasteiger partial charge in [-0.3, -0.25) is 0 Å². The van der Waals surface area contributed by atoms with Gasteiger partial charge >= 0.3 is 0 Å². The molecule has 1 aliphatic rings. The summed E-state index contributed by atoms with van der Waals surface area (Å²) in [6.45, 7) is 8.80. The van der Waals surface area contributed by atoms with Crippen LogP contribution in [0.4, 0.5) is 22.7 Å². The molecule has 0 amide bonds. The van der Waals surface area contributed by atoms with E-state index in [2.05, 4.69) is 104 Å². The normalized spacial score (nSPS) is 16.2. The van der Waals surface area contributed by atoms with E-state index in [1.54, 1.807) is 0 Å². The van der Waals surface area contributed by atoms with Crippen molar-refractivity contribution in [2.45, 2.75) is 33.9 Å². The highest BCUT2D eigenvalue weighted by atomic mass is 15.4. The number of hydrogen-bond acceptors (Lipinski definition) is 2. The number of aryl methyl sites for hydroxylation is 3. The molecule has 0 spiro atoms. The van der Waals surface area contributed by atoms with Crippen LogP contribution in [-0.2, 0) is 0 Å². The van der Waals surface area contributed by atoms with E-state index in [1.807, 2.05) is 0 Å². The molecular formula is C23H24N2. The molecule has 2 heteroatoms. The highest BCUT2D eigenvalue weighted by Crippen LogP contribution is 2.48. The topological polar surface area (TPSA) is 6.48 Å². The summed E-state index contributed by atoms with van der Waals surface area (Å²) in [7, 11) is 0. The average molecular weight is 328 g/mol. The van der Waals surface area contributed by atoms with Gasteiger partial charge in [0.05, 0.1) is 11.4 Å². The first-order valence-electron chi connectivity index (χ1n) is 8.87. The van der Waals surface area contributed by atoms with Crippen LogP contribution in [0, 0.1) is 20.8 Å². The van der Waals surface area contributed by atoms with Crippen LogP contribution in [0.15, 0.2) is 66.7 Å². The minimum absolute atomic E-state index is 0.222. The second-order valence-corrected chi connectivity index (χ2v) is 6.99. The zero-order chi connectivity index (χ0) is 17.6. The maximum Gasteiger partial charge on any atom is 0.108 e. The van der Waals surface area contributed by atoms with Crippen molar-refractivity contribution in [3.05, 3.63) is 83.4 Å². The third kappa shape index (κ3) is 2.58. The summed E-state index contributed by atoms with van der Waals surface area (Å²) in [6.07, 6.45) is 0.222. The Morgan fingerprint density at radius 3 is 1.76 bits per heavy atom. The molecule has 0 saturated carbocycles. The zero-order valence-electron chi connectivity index (χ0n) is 15.3. The van der Waals surface area contributed by atoms with Gasteiger partial charge in [0.2, 0.25) is 0 Å². The van der Waals surface area contributed by atoms with Gasteiger partial charge in [0.1, 0.15) is 6.17 Å². The van der Waals surface area contributed by atoms with E-state index in [9.17, 15) is 0 Å². The predicted molar refractivity (Wildman–Crippen MR) is 107 cm³/mol. The summed E-state index contributed by atoms with van der Waals surface area (Å²) in [5.41, 5.74) is 8.96. The molecular weight excluding hydrogens is 304 g/mol. The van der Waals surface area contributed by atoms with Crippen molar-refractivity contribution in [2.75, 3.05) is 9.80 Å². The van der Waals surface area contributed by atoms with Crippen molar-refractivity contribution in [3.8, 4) is 0 Å². The molecule has 25 heavy (non-hydrogen) atoms. The minimum atomic E-state index is 0.222. The van der Waals surface area contributed by atoms with Crippen LogP contribution in [0.3, 0.4) is 0 Å². The third-order valence-corrected chi connectivity index (χ3v) is 5.01. The quantitative estimate of drug-likeness (QED) is 0.549. The second kappa shape index (κ2) is 5.96. The Morgan fingerprint density at radius 1 is 0.640 bits per heavy atom. The zero-order valence-corrected chi connectivity index (χ0v) is 15.3. The van der Waals surface area contributed by atoms with Crippen molar-refractivity contribution in [2.24, 2.45) is 0 Å². The fourth-order valence-electron chi connectivity index (χ4n) is 4.00. The van der Waals surface area contributed by atoms with E-state index < -0.39 is 0 Å². The van der Waals surface area contributed by atoms with Crippen LogP contribution in [0.1, 0.15) is 23.6 Å². The Morgan fingerprint density at radius 2 is 1.16 bits per heavy atom. The lowest BCUT2D eigenvalue weighted by molar-refractivity contribution is 0.759. The molecule has 0 radical (unpaired) electrons. The van der Waals surface area contributed by atoms with Crippen LogP contribution < -0.4 is 9.80 Å². The number of hydrogen-bond donors (Lipinski definition) is 0. The summed E-state index contributed by atoms with van der Waals surface area (Å²) in [6, 6.07) is 24.1. The molecule has 0 bridgehead atoms. The SMILES string of the molecule is Cc1cc(C)cc(N2c3ccccc3N(c3ccccc3C)[C@@H]2C)c1. The molecule has 2 nitrogen and oxygen atoms in total. The summed E-state index contributed by atoms with van der Waals surface area (Å²) in [4.78, 5) is 4.89. The molecule has 1 heterocycles. The smallest absolute Gasteiger partial charge is 0.108 e. The molecule has 3 aromatic carbocycles. The summed E-state index contributed by atoms with van der Waals surface area (Å²) >= 11 is 0. The molecule has 1 atom stereocenters. The highest BCUT2D eigenvalue weighted by molar-refractivity contribution is 5.88. The molecule has 0 unspecified atom stereocenters. The fraction of sp³-hybridized carbons (Fsp3) is 0.217. The van der Waals surface area contributed by atoms with Crippen molar-refractivity contribution in [1.82, 2.24) is 0 Å². The van der Waals surface area contributed by atoms with Gasteiger partial charge in [0, 0.05) is 11.4 Å². The molecule has 1 aliphatic heterocycles. The maximum absolute atomic E-state index is 2.45. The monoisotopic (exact) mass is 328 g/mol. The first kappa shape index (κ1) is 15.8. The van der Waals surface area contributed by atoms with Crippen LogP contribution in [0.5, 0.6) is 0 Å². The Bertz CT molecular complexity index is 909. The Kier molecular flexibility index (Phi) is 3.76. The molecule has 4 rings (SSSR count). The van der Waals surface area contributed by atoms with Gasteiger partial charge in [-0.05, 0) is 74.7 Å².